The van der Waals surface area contributed by atoms with Crippen LogP contribution in [0, 0.1) is 0 Å². The summed E-state index contributed by atoms with van der Waals surface area (Å²) in [6.45, 7) is 0. The molecule has 0 aromatic rings. The largest absolute Gasteiger partial charge is 0.392 e. The zero-order valence-corrected chi connectivity index (χ0v) is 12.3. The van der Waals surface area contributed by atoms with E-state index in [-0.39, 0.29) is 11.5 Å². The van der Waals surface area contributed by atoms with Crippen molar-refractivity contribution >= 4 is 49.1 Å². The van der Waals surface area contributed by atoms with Crippen LogP contribution in [0.25, 0.3) is 0 Å². The van der Waals surface area contributed by atoms with E-state index in [4.69, 9.17) is 11.5 Å². The van der Waals surface area contributed by atoms with Gasteiger partial charge in [-0.2, -0.15) is 25.3 Å². The molecule has 20 heavy (non-hydrogen) atoms. The molecule has 10 heteroatoms. The van der Waals surface area contributed by atoms with Crippen LogP contribution in [0.3, 0.4) is 0 Å². The maximum absolute atomic E-state index is 11.2. The smallest absolute Gasteiger partial charge is 0.331 e. The van der Waals surface area contributed by atoms with E-state index in [9.17, 15) is 19.2 Å². The van der Waals surface area contributed by atoms with Gasteiger partial charge < -0.3 is 20.9 Å². The summed E-state index contributed by atoms with van der Waals surface area (Å²) in [5, 5.41) is 0. The van der Waals surface area contributed by atoms with Crippen LogP contribution in [0.4, 0.5) is 0 Å². The molecule has 4 N–H and O–H groups in total. The molecule has 0 aliphatic rings. The molecule has 0 heterocycles. The summed E-state index contributed by atoms with van der Waals surface area (Å²) in [7, 11) is 0. The Morgan fingerprint density at radius 2 is 1.10 bits per heavy atom. The first-order valence-electron chi connectivity index (χ1n) is 5.53. The first kappa shape index (κ1) is 18.9. The molecule has 0 fully saturated rings. The minimum absolute atomic E-state index is 0.0181. The molecule has 0 amide bonds. The van der Waals surface area contributed by atoms with Gasteiger partial charge in [0.2, 0.25) is 0 Å². The Balaban J connectivity index is 4.04. The van der Waals surface area contributed by atoms with Gasteiger partial charge in [-0.15, -0.1) is 0 Å². The van der Waals surface area contributed by atoms with Crippen molar-refractivity contribution in [3.63, 3.8) is 0 Å². The Kier molecular flexibility index (Phi) is 9.21. The van der Waals surface area contributed by atoms with E-state index >= 15 is 0 Å². The number of ether oxygens (including phenoxy) is 2. The summed E-state index contributed by atoms with van der Waals surface area (Å²) < 4.78 is 8.69. The fourth-order valence-corrected chi connectivity index (χ4v) is 1.13. The molecule has 0 saturated heterocycles. The SMILES string of the molecule is N[C@@H](CS)C(=O)OC(=O)CCC(=O)OC(=O)[C@@H](N)CS. The van der Waals surface area contributed by atoms with Crippen LogP contribution < -0.4 is 11.5 Å². The van der Waals surface area contributed by atoms with Crippen LogP contribution in [-0.4, -0.2) is 47.5 Å². The number of hydrogen-bond donors (Lipinski definition) is 4. The van der Waals surface area contributed by atoms with Gasteiger partial charge >= 0.3 is 23.9 Å². The third-order valence-corrected chi connectivity index (χ3v) is 2.75. The second kappa shape index (κ2) is 9.75. The van der Waals surface area contributed by atoms with Crippen LogP contribution in [-0.2, 0) is 28.7 Å². The fraction of sp³-hybridized carbons (Fsp3) is 0.600. The van der Waals surface area contributed by atoms with Gasteiger partial charge in [-0.05, 0) is 0 Å². The molecule has 0 aliphatic heterocycles. The quantitative estimate of drug-likeness (QED) is 0.250. The van der Waals surface area contributed by atoms with Gasteiger partial charge in [0, 0.05) is 11.5 Å². The molecular formula is C10H16N2O6S2. The number of thiol groups is 2. The Labute approximate surface area is 126 Å². The lowest BCUT2D eigenvalue weighted by Crippen LogP contribution is -2.36. The van der Waals surface area contributed by atoms with Gasteiger partial charge in [0.05, 0.1) is 12.8 Å². The van der Waals surface area contributed by atoms with Gasteiger partial charge in [0.1, 0.15) is 12.1 Å². The molecule has 0 aromatic carbocycles. The van der Waals surface area contributed by atoms with Crippen LogP contribution in [0.2, 0.25) is 0 Å². The highest BCUT2D eigenvalue weighted by atomic mass is 32.1. The summed E-state index contributed by atoms with van der Waals surface area (Å²) in [6.07, 6.45) is -0.847. The molecule has 0 aromatic heterocycles. The molecule has 0 aliphatic carbocycles. The molecule has 2 atom stereocenters. The average molecular weight is 324 g/mol. The van der Waals surface area contributed by atoms with Crippen molar-refractivity contribution in [3.8, 4) is 0 Å². The molecule has 0 radical (unpaired) electrons. The molecular weight excluding hydrogens is 308 g/mol. The number of carbonyl (C=O) groups is 4. The van der Waals surface area contributed by atoms with Gasteiger partial charge in [0.25, 0.3) is 0 Å². The molecule has 0 unspecified atom stereocenters. The Bertz CT molecular complexity index is 354. The van der Waals surface area contributed by atoms with E-state index in [1.165, 1.54) is 0 Å². The van der Waals surface area contributed by atoms with Crippen LogP contribution in [0.15, 0.2) is 0 Å². The first-order chi connectivity index (χ1) is 9.31. The lowest BCUT2D eigenvalue weighted by molar-refractivity contribution is -0.165. The van der Waals surface area contributed by atoms with E-state index in [1.54, 1.807) is 0 Å². The molecule has 114 valence electrons. The molecule has 8 nitrogen and oxygen atoms in total. The molecule has 0 rings (SSSR count). The van der Waals surface area contributed by atoms with Crippen LogP contribution in [0.1, 0.15) is 12.8 Å². The summed E-state index contributed by atoms with van der Waals surface area (Å²) in [5.41, 5.74) is 10.5. The lowest BCUT2D eigenvalue weighted by Gasteiger charge is -2.08. The Hall–Kier alpha value is -1.10. The van der Waals surface area contributed by atoms with E-state index in [0.29, 0.717) is 0 Å². The predicted molar refractivity (Wildman–Crippen MR) is 75.1 cm³/mol. The maximum Gasteiger partial charge on any atom is 0.331 e. The predicted octanol–water partition coefficient (Wildman–Crippen LogP) is -1.58. The van der Waals surface area contributed by atoms with Crippen LogP contribution in [0.5, 0.6) is 0 Å². The van der Waals surface area contributed by atoms with Crippen molar-refractivity contribution < 1.29 is 28.7 Å². The minimum Gasteiger partial charge on any atom is -0.392 e. The Morgan fingerprint density at radius 1 is 0.800 bits per heavy atom. The van der Waals surface area contributed by atoms with Gasteiger partial charge in [-0.1, -0.05) is 0 Å². The van der Waals surface area contributed by atoms with Crippen molar-refractivity contribution in [3.05, 3.63) is 0 Å². The van der Waals surface area contributed by atoms with E-state index in [2.05, 4.69) is 34.7 Å². The van der Waals surface area contributed by atoms with Gasteiger partial charge in [-0.3, -0.25) is 9.59 Å². The number of hydrogen-bond acceptors (Lipinski definition) is 10. The van der Waals surface area contributed by atoms with Crippen LogP contribution >= 0.6 is 25.3 Å². The van der Waals surface area contributed by atoms with Crippen molar-refractivity contribution in [2.75, 3.05) is 11.5 Å². The first-order valence-corrected chi connectivity index (χ1v) is 6.80. The number of rotatable bonds is 7. The third kappa shape index (κ3) is 7.48. The fourth-order valence-electron chi connectivity index (χ4n) is 0.831. The van der Waals surface area contributed by atoms with Crippen molar-refractivity contribution in [1.29, 1.82) is 0 Å². The van der Waals surface area contributed by atoms with Gasteiger partial charge in [-0.25, -0.2) is 9.59 Å². The zero-order chi connectivity index (χ0) is 15.7. The maximum atomic E-state index is 11.2. The highest BCUT2D eigenvalue weighted by molar-refractivity contribution is 7.80. The number of esters is 4. The van der Waals surface area contributed by atoms with Crippen molar-refractivity contribution in [2.45, 2.75) is 24.9 Å². The van der Waals surface area contributed by atoms with Crippen molar-refractivity contribution in [2.24, 2.45) is 11.5 Å². The summed E-state index contributed by atoms with van der Waals surface area (Å²) in [5.74, 6) is -3.74. The highest BCUT2D eigenvalue weighted by Gasteiger charge is 2.21. The number of carbonyl (C=O) groups excluding carboxylic acids is 4. The third-order valence-electron chi connectivity index (χ3n) is 1.96. The summed E-state index contributed by atoms with van der Waals surface area (Å²) in [4.78, 5) is 44.6. The van der Waals surface area contributed by atoms with Gasteiger partial charge in [0.15, 0.2) is 0 Å². The minimum atomic E-state index is -1.02. The lowest BCUT2D eigenvalue weighted by atomic mass is 10.3. The standard InChI is InChI=1S/C10H16N2O6S2/c11-5(3-19)9(15)17-7(13)1-2-8(14)18-10(16)6(12)4-20/h5-6,19-20H,1-4,11-12H2/t5-,6-/m0/s1. The van der Waals surface area contributed by atoms with E-state index < -0.39 is 48.8 Å². The van der Waals surface area contributed by atoms with E-state index in [1.807, 2.05) is 0 Å². The monoisotopic (exact) mass is 324 g/mol. The highest BCUT2D eigenvalue weighted by Crippen LogP contribution is 2.00. The molecule has 0 bridgehead atoms. The topological polar surface area (TPSA) is 139 Å². The molecule has 0 spiro atoms. The molecule has 0 saturated carbocycles. The zero-order valence-electron chi connectivity index (χ0n) is 10.5. The number of nitrogens with two attached hydrogens (primary N) is 2. The van der Waals surface area contributed by atoms with E-state index in [0.717, 1.165) is 0 Å². The second-order valence-corrected chi connectivity index (χ2v) is 4.39. The Morgan fingerprint density at radius 3 is 1.35 bits per heavy atom. The normalized spacial score (nSPS) is 13.2. The van der Waals surface area contributed by atoms with Crippen molar-refractivity contribution in [1.82, 2.24) is 0 Å². The average Bonchev–Trinajstić information content (AvgIpc) is 2.42. The summed E-state index contributed by atoms with van der Waals surface area (Å²) in [6, 6.07) is -2.05. The summed E-state index contributed by atoms with van der Waals surface area (Å²) >= 11 is 7.52. The second-order valence-electron chi connectivity index (χ2n) is 3.66.